The molecule has 7 heteroatoms. The fourth-order valence-electron chi connectivity index (χ4n) is 2.85. The molecule has 2 aromatic carbocycles. The maximum atomic E-state index is 11.9. The number of hydrogen-bond acceptors (Lipinski definition) is 7. The molecule has 3 rings (SSSR count). The number of benzene rings is 2. The van der Waals surface area contributed by atoms with E-state index in [1.807, 2.05) is 6.92 Å². The second kappa shape index (κ2) is 7.33. The molecule has 1 aromatic heterocycles. The van der Waals surface area contributed by atoms with Crippen LogP contribution in [-0.2, 0) is 9.47 Å². The SMILES string of the molecule is COC(=O)c1cc(Nc2cc(C)c3c(O)cccc3n2)cc(C(=O)OC)c1. The number of carbonyl (C=O) groups excluding carboxylic acids is 2. The third-order valence-electron chi connectivity index (χ3n) is 4.06. The van der Waals surface area contributed by atoms with Crippen LogP contribution in [0.5, 0.6) is 5.75 Å². The summed E-state index contributed by atoms with van der Waals surface area (Å²) in [6, 6.07) is 11.4. The number of fused-ring (bicyclic) bond motifs is 1. The van der Waals surface area contributed by atoms with E-state index in [2.05, 4.69) is 10.3 Å². The Bertz CT molecular complexity index is 1010. The van der Waals surface area contributed by atoms with Crippen molar-refractivity contribution in [2.24, 2.45) is 0 Å². The summed E-state index contributed by atoms with van der Waals surface area (Å²) in [5.41, 5.74) is 2.34. The summed E-state index contributed by atoms with van der Waals surface area (Å²) < 4.78 is 9.48. The van der Waals surface area contributed by atoms with E-state index in [4.69, 9.17) is 9.47 Å². The van der Waals surface area contributed by atoms with Gasteiger partial charge in [0.25, 0.3) is 0 Å². The van der Waals surface area contributed by atoms with Crippen molar-refractivity contribution in [3.63, 3.8) is 0 Å². The lowest BCUT2D eigenvalue weighted by Gasteiger charge is -2.12. The second-order valence-electron chi connectivity index (χ2n) is 5.90. The number of ether oxygens (including phenoxy) is 2. The van der Waals surface area contributed by atoms with Crippen molar-refractivity contribution in [1.82, 2.24) is 4.98 Å². The van der Waals surface area contributed by atoms with Crippen LogP contribution in [0.25, 0.3) is 10.9 Å². The van der Waals surface area contributed by atoms with E-state index >= 15 is 0 Å². The average Bonchev–Trinajstić information content (AvgIpc) is 2.66. The molecular weight excluding hydrogens is 348 g/mol. The van der Waals surface area contributed by atoms with E-state index in [1.54, 1.807) is 36.4 Å². The number of carbonyl (C=O) groups is 2. The van der Waals surface area contributed by atoms with Crippen LogP contribution in [0.1, 0.15) is 26.3 Å². The topological polar surface area (TPSA) is 97.8 Å². The quantitative estimate of drug-likeness (QED) is 0.681. The highest BCUT2D eigenvalue weighted by atomic mass is 16.5. The number of aromatic hydroxyl groups is 1. The van der Waals surface area contributed by atoms with Gasteiger partial charge in [0.2, 0.25) is 0 Å². The summed E-state index contributed by atoms with van der Waals surface area (Å²) >= 11 is 0. The number of nitrogens with one attached hydrogen (secondary N) is 1. The first-order chi connectivity index (χ1) is 12.9. The number of anilines is 2. The Labute approximate surface area is 155 Å². The van der Waals surface area contributed by atoms with Gasteiger partial charge in [0, 0.05) is 11.1 Å². The van der Waals surface area contributed by atoms with Crippen molar-refractivity contribution in [2.75, 3.05) is 19.5 Å². The first kappa shape index (κ1) is 18.2. The Morgan fingerprint density at radius 1 is 1.00 bits per heavy atom. The van der Waals surface area contributed by atoms with Crippen molar-refractivity contribution in [2.45, 2.75) is 6.92 Å². The molecule has 0 aliphatic rings. The van der Waals surface area contributed by atoms with Crippen LogP contribution >= 0.6 is 0 Å². The van der Waals surface area contributed by atoms with E-state index in [1.165, 1.54) is 20.3 Å². The molecule has 0 fully saturated rings. The highest BCUT2D eigenvalue weighted by Gasteiger charge is 2.15. The Kier molecular flexibility index (Phi) is 4.94. The number of esters is 2. The number of pyridine rings is 1. The zero-order chi connectivity index (χ0) is 19.6. The van der Waals surface area contributed by atoms with Crippen molar-refractivity contribution in [3.05, 3.63) is 59.2 Å². The van der Waals surface area contributed by atoms with Gasteiger partial charge in [0.05, 0.1) is 30.9 Å². The minimum Gasteiger partial charge on any atom is -0.507 e. The Morgan fingerprint density at radius 2 is 1.63 bits per heavy atom. The Balaban J connectivity index is 2.05. The highest BCUT2D eigenvalue weighted by Crippen LogP contribution is 2.29. The molecule has 0 aliphatic heterocycles. The van der Waals surface area contributed by atoms with Gasteiger partial charge in [-0.25, -0.2) is 14.6 Å². The van der Waals surface area contributed by atoms with Crippen LogP contribution in [0.3, 0.4) is 0 Å². The molecule has 0 saturated heterocycles. The fraction of sp³-hybridized carbons (Fsp3) is 0.150. The predicted molar refractivity (Wildman–Crippen MR) is 101 cm³/mol. The number of hydrogen-bond donors (Lipinski definition) is 2. The summed E-state index contributed by atoms with van der Waals surface area (Å²) in [4.78, 5) is 28.3. The first-order valence-corrected chi connectivity index (χ1v) is 8.11. The van der Waals surface area contributed by atoms with Crippen molar-refractivity contribution in [3.8, 4) is 5.75 Å². The number of methoxy groups -OCH3 is 2. The molecule has 0 atom stereocenters. The van der Waals surface area contributed by atoms with Crippen LogP contribution in [0.15, 0.2) is 42.5 Å². The summed E-state index contributed by atoms with van der Waals surface area (Å²) in [7, 11) is 2.53. The van der Waals surface area contributed by atoms with E-state index in [-0.39, 0.29) is 16.9 Å². The molecule has 2 N–H and O–H groups in total. The first-order valence-electron chi connectivity index (χ1n) is 8.11. The number of nitrogens with zero attached hydrogens (tertiary/aromatic N) is 1. The van der Waals surface area contributed by atoms with Gasteiger partial charge in [-0.05, 0) is 48.9 Å². The minimum absolute atomic E-state index is 0.157. The van der Waals surface area contributed by atoms with Gasteiger partial charge in [-0.3, -0.25) is 0 Å². The zero-order valence-corrected chi connectivity index (χ0v) is 15.1. The van der Waals surface area contributed by atoms with E-state index in [9.17, 15) is 14.7 Å². The maximum absolute atomic E-state index is 11.9. The molecule has 0 radical (unpaired) electrons. The van der Waals surface area contributed by atoms with Crippen LogP contribution in [0.2, 0.25) is 0 Å². The van der Waals surface area contributed by atoms with Gasteiger partial charge in [-0.2, -0.15) is 0 Å². The van der Waals surface area contributed by atoms with Crippen LogP contribution in [-0.4, -0.2) is 36.2 Å². The molecule has 0 aliphatic carbocycles. The van der Waals surface area contributed by atoms with Gasteiger partial charge < -0.3 is 19.9 Å². The maximum Gasteiger partial charge on any atom is 0.337 e. The molecule has 7 nitrogen and oxygen atoms in total. The van der Waals surface area contributed by atoms with Gasteiger partial charge in [-0.1, -0.05) is 6.07 Å². The predicted octanol–water partition coefficient (Wildman–Crippen LogP) is 3.57. The third-order valence-corrected chi connectivity index (χ3v) is 4.06. The lowest BCUT2D eigenvalue weighted by atomic mass is 10.1. The number of phenolic OH excluding ortho intramolecular Hbond substituents is 1. The molecule has 0 bridgehead atoms. The molecule has 0 saturated carbocycles. The number of phenols is 1. The molecule has 0 unspecified atom stereocenters. The van der Waals surface area contributed by atoms with E-state index in [0.29, 0.717) is 22.4 Å². The Morgan fingerprint density at radius 3 is 2.22 bits per heavy atom. The number of aromatic nitrogens is 1. The van der Waals surface area contributed by atoms with Gasteiger partial charge in [0.1, 0.15) is 11.6 Å². The summed E-state index contributed by atoms with van der Waals surface area (Å²) in [6.45, 7) is 1.86. The van der Waals surface area contributed by atoms with Crippen molar-refractivity contribution < 1.29 is 24.2 Å². The number of aryl methyl sites for hydroxylation is 1. The zero-order valence-electron chi connectivity index (χ0n) is 15.1. The molecule has 0 spiro atoms. The van der Waals surface area contributed by atoms with Crippen LogP contribution in [0.4, 0.5) is 11.5 Å². The molecule has 3 aromatic rings. The van der Waals surface area contributed by atoms with E-state index < -0.39 is 11.9 Å². The summed E-state index contributed by atoms with van der Waals surface area (Å²) in [5.74, 6) is -0.485. The second-order valence-corrected chi connectivity index (χ2v) is 5.90. The average molecular weight is 366 g/mol. The largest absolute Gasteiger partial charge is 0.507 e. The van der Waals surface area contributed by atoms with Crippen molar-refractivity contribution >= 4 is 34.3 Å². The van der Waals surface area contributed by atoms with Crippen molar-refractivity contribution in [1.29, 1.82) is 0 Å². The molecule has 1 heterocycles. The van der Waals surface area contributed by atoms with Gasteiger partial charge >= 0.3 is 11.9 Å². The smallest absolute Gasteiger partial charge is 0.337 e. The van der Waals surface area contributed by atoms with Crippen LogP contribution < -0.4 is 5.32 Å². The van der Waals surface area contributed by atoms with Gasteiger partial charge in [0.15, 0.2) is 0 Å². The molecule has 27 heavy (non-hydrogen) atoms. The molecule has 138 valence electrons. The Hall–Kier alpha value is -3.61. The molecule has 0 amide bonds. The third kappa shape index (κ3) is 3.67. The molecular formula is C20H18N2O5. The van der Waals surface area contributed by atoms with Crippen LogP contribution in [0, 0.1) is 6.92 Å². The lowest BCUT2D eigenvalue weighted by Crippen LogP contribution is -2.08. The minimum atomic E-state index is -0.573. The lowest BCUT2D eigenvalue weighted by molar-refractivity contribution is 0.0599. The van der Waals surface area contributed by atoms with E-state index in [0.717, 1.165) is 5.56 Å². The monoisotopic (exact) mass is 366 g/mol. The fourth-order valence-corrected chi connectivity index (χ4v) is 2.85. The highest BCUT2D eigenvalue weighted by molar-refractivity contribution is 5.97. The number of rotatable bonds is 4. The normalized spacial score (nSPS) is 10.5. The summed E-state index contributed by atoms with van der Waals surface area (Å²) in [5, 5.41) is 13.8. The summed E-state index contributed by atoms with van der Waals surface area (Å²) in [6.07, 6.45) is 0. The van der Waals surface area contributed by atoms with Gasteiger partial charge in [-0.15, -0.1) is 0 Å². The standard InChI is InChI=1S/C20H18N2O5/c1-11-7-17(22-15-5-4-6-16(23)18(11)15)21-14-9-12(19(24)26-2)8-13(10-14)20(25)27-3/h4-10,23H,1-3H3,(H,21,22).